The van der Waals surface area contributed by atoms with E-state index in [0.29, 0.717) is 17.3 Å². The van der Waals surface area contributed by atoms with Gasteiger partial charge in [0.25, 0.3) is 11.8 Å². The van der Waals surface area contributed by atoms with Crippen LogP contribution in [-0.4, -0.2) is 43.4 Å². The number of nitrogens with one attached hydrogen (secondary N) is 2. The first-order valence-electron chi connectivity index (χ1n) is 10.3. The van der Waals surface area contributed by atoms with Gasteiger partial charge in [0.1, 0.15) is 17.3 Å². The fraction of sp³-hybridized carbons (Fsp3) is 0.174. The molecule has 174 valence electrons. The quantitative estimate of drug-likeness (QED) is 0.281. The number of amides is 2. The Morgan fingerprint density at radius 1 is 1.09 bits per heavy atom. The van der Waals surface area contributed by atoms with Crippen LogP contribution in [-0.2, 0) is 4.79 Å². The summed E-state index contributed by atoms with van der Waals surface area (Å²) in [5.74, 6) is 1.26. The van der Waals surface area contributed by atoms with Crippen LogP contribution in [0.5, 0.6) is 5.75 Å². The molecule has 0 spiro atoms. The van der Waals surface area contributed by atoms with Crippen LogP contribution in [0.4, 0.5) is 5.82 Å². The Balaban J connectivity index is 1.56. The zero-order valence-electron chi connectivity index (χ0n) is 18.7. The van der Waals surface area contributed by atoms with Gasteiger partial charge in [0, 0.05) is 17.3 Å². The van der Waals surface area contributed by atoms with E-state index in [-0.39, 0.29) is 29.6 Å². The number of nitrogens with zero attached hydrogens (tertiary/aromatic N) is 4. The van der Waals surface area contributed by atoms with E-state index >= 15 is 0 Å². The molecule has 11 heteroatoms. The zero-order valence-corrected chi connectivity index (χ0v) is 18.7. The van der Waals surface area contributed by atoms with Gasteiger partial charge in [-0.25, -0.2) is 20.1 Å². The SMILES string of the molecule is Cc1cc(C)n(-c2cc(NC(=O)COc3cccc(C(=O)NO)c3)nc(-c3ccc(C)o3)n2)n1. The maximum absolute atomic E-state index is 12.6. The number of hydroxylamine groups is 1. The molecule has 0 aliphatic heterocycles. The molecule has 4 rings (SSSR count). The summed E-state index contributed by atoms with van der Waals surface area (Å²) >= 11 is 0. The summed E-state index contributed by atoms with van der Waals surface area (Å²) in [4.78, 5) is 33.1. The number of carbonyl (C=O) groups is 2. The van der Waals surface area contributed by atoms with Crippen LogP contribution in [0, 0.1) is 20.8 Å². The second-order valence-electron chi connectivity index (χ2n) is 7.49. The van der Waals surface area contributed by atoms with Gasteiger partial charge in [-0.1, -0.05) is 6.07 Å². The van der Waals surface area contributed by atoms with Crippen molar-refractivity contribution in [2.24, 2.45) is 0 Å². The van der Waals surface area contributed by atoms with E-state index in [0.717, 1.165) is 11.4 Å². The largest absolute Gasteiger partial charge is 0.484 e. The highest BCUT2D eigenvalue weighted by atomic mass is 16.5. The van der Waals surface area contributed by atoms with E-state index in [4.69, 9.17) is 14.4 Å². The first-order valence-corrected chi connectivity index (χ1v) is 10.3. The van der Waals surface area contributed by atoms with Gasteiger partial charge in [0.15, 0.2) is 24.0 Å². The number of benzene rings is 1. The van der Waals surface area contributed by atoms with Gasteiger partial charge in [0.2, 0.25) is 0 Å². The van der Waals surface area contributed by atoms with Crippen molar-refractivity contribution in [3.8, 4) is 23.2 Å². The normalized spacial score (nSPS) is 10.7. The Bertz CT molecular complexity index is 1360. The molecule has 2 amide bonds. The van der Waals surface area contributed by atoms with E-state index in [1.165, 1.54) is 12.1 Å². The molecule has 0 unspecified atom stereocenters. The minimum Gasteiger partial charge on any atom is -0.484 e. The molecule has 0 saturated heterocycles. The molecule has 11 nitrogen and oxygen atoms in total. The average molecular weight is 462 g/mol. The van der Waals surface area contributed by atoms with Gasteiger partial charge in [-0.15, -0.1) is 0 Å². The zero-order chi connectivity index (χ0) is 24.2. The molecule has 34 heavy (non-hydrogen) atoms. The Kier molecular flexibility index (Phi) is 6.37. The Labute approximate surface area is 194 Å². The number of rotatable bonds is 7. The number of hydrogen-bond donors (Lipinski definition) is 3. The standard InChI is InChI=1S/C23H22N6O5/c1-13-9-14(2)29(27-13)20-11-19(25-22(26-20)18-8-7-15(3)34-18)24-21(30)12-33-17-6-4-5-16(10-17)23(31)28-32/h4-11,32H,12H2,1-3H3,(H,28,31)(H,24,25,26,30). The summed E-state index contributed by atoms with van der Waals surface area (Å²) < 4.78 is 12.8. The lowest BCUT2D eigenvalue weighted by Gasteiger charge is -2.11. The summed E-state index contributed by atoms with van der Waals surface area (Å²) in [6.07, 6.45) is 0. The highest BCUT2D eigenvalue weighted by Gasteiger charge is 2.15. The third-order valence-corrected chi connectivity index (χ3v) is 4.74. The molecular formula is C23H22N6O5. The summed E-state index contributed by atoms with van der Waals surface area (Å²) in [5.41, 5.74) is 3.42. The van der Waals surface area contributed by atoms with Crippen LogP contribution in [0.3, 0.4) is 0 Å². The van der Waals surface area contributed by atoms with Crippen molar-refractivity contribution in [1.82, 2.24) is 25.2 Å². The molecule has 3 heterocycles. The number of carbonyl (C=O) groups excluding carboxylic acids is 2. The second-order valence-corrected chi connectivity index (χ2v) is 7.49. The summed E-state index contributed by atoms with van der Waals surface area (Å²) in [5, 5.41) is 15.9. The first kappa shape index (κ1) is 22.7. The topological polar surface area (TPSA) is 144 Å². The minimum absolute atomic E-state index is 0.184. The van der Waals surface area contributed by atoms with Gasteiger partial charge in [-0.2, -0.15) is 5.10 Å². The first-order chi connectivity index (χ1) is 16.3. The highest BCUT2D eigenvalue weighted by Crippen LogP contribution is 2.23. The number of aromatic nitrogens is 4. The van der Waals surface area contributed by atoms with Crippen LogP contribution in [0.15, 0.2) is 52.9 Å². The lowest BCUT2D eigenvalue weighted by molar-refractivity contribution is -0.118. The number of ether oxygens (including phenoxy) is 1. The van der Waals surface area contributed by atoms with Crippen molar-refractivity contribution in [1.29, 1.82) is 0 Å². The number of hydrogen-bond acceptors (Lipinski definition) is 8. The lowest BCUT2D eigenvalue weighted by atomic mass is 10.2. The molecule has 1 aromatic carbocycles. The van der Waals surface area contributed by atoms with E-state index in [2.05, 4.69) is 20.4 Å². The van der Waals surface area contributed by atoms with Crippen molar-refractivity contribution < 1.29 is 24.0 Å². The van der Waals surface area contributed by atoms with E-state index in [9.17, 15) is 9.59 Å². The second kappa shape index (κ2) is 9.55. The molecule has 0 aliphatic carbocycles. The summed E-state index contributed by atoms with van der Waals surface area (Å²) in [6.45, 7) is 5.25. The molecule has 4 aromatic rings. The van der Waals surface area contributed by atoms with Crippen molar-refractivity contribution in [2.45, 2.75) is 20.8 Å². The third kappa shape index (κ3) is 5.10. The number of furan rings is 1. The van der Waals surface area contributed by atoms with Crippen molar-refractivity contribution >= 4 is 17.6 Å². The van der Waals surface area contributed by atoms with Crippen molar-refractivity contribution in [2.75, 3.05) is 11.9 Å². The summed E-state index contributed by atoms with van der Waals surface area (Å²) in [7, 11) is 0. The Hall–Kier alpha value is -4.51. The van der Waals surface area contributed by atoms with Gasteiger partial charge in [0.05, 0.1) is 5.69 Å². The molecule has 0 saturated carbocycles. The van der Waals surface area contributed by atoms with Crippen LogP contribution in [0.2, 0.25) is 0 Å². The van der Waals surface area contributed by atoms with Crippen LogP contribution in [0.1, 0.15) is 27.5 Å². The highest BCUT2D eigenvalue weighted by molar-refractivity contribution is 5.94. The molecule has 0 aliphatic rings. The molecular weight excluding hydrogens is 440 g/mol. The van der Waals surface area contributed by atoms with E-state index < -0.39 is 11.8 Å². The summed E-state index contributed by atoms with van der Waals surface area (Å²) in [6, 6.07) is 13.1. The van der Waals surface area contributed by atoms with E-state index in [1.54, 1.807) is 40.5 Å². The Morgan fingerprint density at radius 2 is 1.91 bits per heavy atom. The average Bonchev–Trinajstić information content (AvgIpc) is 3.41. The monoisotopic (exact) mass is 462 g/mol. The van der Waals surface area contributed by atoms with Gasteiger partial charge < -0.3 is 14.5 Å². The van der Waals surface area contributed by atoms with Gasteiger partial charge in [-0.05, 0) is 57.2 Å². The Morgan fingerprint density at radius 3 is 2.59 bits per heavy atom. The van der Waals surface area contributed by atoms with Crippen LogP contribution >= 0.6 is 0 Å². The molecule has 0 atom stereocenters. The lowest BCUT2D eigenvalue weighted by Crippen LogP contribution is -2.22. The maximum Gasteiger partial charge on any atom is 0.274 e. The molecule has 0 fully saturated rings. The fourth-order valence-electron chi connectivity index (χ4n) is 3.25. The van der Waals surface area contributed by atoms with Crippen molar-refractivity contribution in [3.63, 3.8) is 0 Å². The number of anilines is 1. The molecule has 3 aromatic heterocycles. The van der Waals surface area contributed by atoms with E-state index in [1.807, 2.05) is 26.8 Å². The number of aryl methyl sites for hydroxylation is 3. The van der Waals surface area contributed by atoms with Crippen molar-refractivity contribution in [3.05, 3.63) is 71.2 Å². The third-order valence-electron chi connectivity index (χ3n) is 4.74. The molecule has 0 radical (unpaired) electrons. The molecule has 0 bridgehead atoms. The predicted molar refractivity (Wildman–Crippen MR) is 121 cm³/mol. The maximum atomic E-state index is 12.6. The molecule has 3 N–H and O–H groups in total. The predicted octanol–water partition coefficient (Wildman–Crippen LogP) is 2.98. The minimum atomic E-state index is -0.687. The van der Waals surface area contributed by atoms with Crippen LogP contribution < -0.4 is 15.5 Å². The van der Waals surface area contributed by atoms with Crippen LogP contribution in [0.25, 0.3) is 17.4 Å². The fourth-order valence-corrected chi connectivity index (χ4v) is 3.25. The van der Waals surface area contributed by atoms with Gasteiger partial charge in [-0.3, -0.25) is 14.8 Å². The smallest absolute Gasteiger partial charge is 0.274 e. The van der Waals surface area contributed by atoms with Gasteiger partial charge >= 0.3 is 0 Å².